The summed E-state index contributed by atoms with van der Waals surface area (Å²) in [4.78, 5) is 10.6. The Hall–Kier alpha value is -2.11. The number of phenolic OH excluding ortho intramolecular Hbond substituents is 1. The van der Waals surface area contributed by atoms with Crippen molar-refractivity contribution in [2.75, 3.05) is 5.32 Å². The standard InChI is InChI=1S/C9H8N2O5S/c10-4-3-9(13)11-7-5-6(17(14,15)16)1-2-8(7)12/h1-2,5,12H,3H2,(H,11,13)(H,14,15,16). The van der Waals surface area contributed by atoms with Crippen molar-refractivity contribution in [2.45, 2.75) is 11.3 Å². The third-order valence-corrected chi connectivity index (χ3v) is 2.63. The number of hydrogen-bond acceptors (Lipinski definition) is 5. The Labute approximate surface area is 97.1 Å². The molecule has 0 heterocycles. The van der Waals surface area contributed by atoms with Crippen molar-refractivity contribution >= 4 is 21.7 Å². The molecule has 0 spiro atoms. The van der Waals surface area contributed by atoms with Crippen LogP contribution < -0.4 is 5.32 Å². The highest BCUT2D eigenvalue weighted by Crippen LogP contribution is 2.26. The molecule has 90 valence electrons. The molecular weight excluding hydrogens is 248 g/mol. The lowest BCUT2D eigenvalue weighted by Crippen LogP contribution is -2.11. The smallest absolute Gasteiger partial charge is 0.294 e. The number of aromatic hydroxyl groups is 1. The highest BCUT2D eigenvalue weighted by atomic mass is 32.2. The number of nitriles is 1. The predicted octanol–water partition coefficient (Wildman–Crippen LogP) is 0.491. The zero-order valence-corrected chi connectivity index (χ0v) is 9.23. The molecule has 7 nitrogen and oxygen atoms in total. The zero-order chi connectivity index (χ0) is 13.1. The van der Waals surface area contributed by atoms with Gasteiger partial charge in [-0.1, -0.05) is 0 Å². The molecule has 17 heavy (non-hydrogen) atoms. The lowest BCUT2D eigenvalue weighted by Gasteiger charge is -2.06. The summed E-state index contributed by atoms with van der Waals surface area (Å²) < 4.78 is 30.4. The van der Waals surface area contributed by atoms with Crippen molar-refractivity contribution in [3.05, 3.63) is 18.2 Å². The molecule has 1 amide bonds. The zero-order valence-electron chi connectivity index (χ0n) is 8.41. The number of carbonyl (C=O) groups is 1. The number of carbonyl (C=O) groups excluding carboxylic acids is 1. The van der Waals surface area contributed by atoms with Crippen LogP contribution in [0.1, 0.15) is 6.42 Å². The largest absolute Gasteiger partial charge is 0.506 e. The van der Waals surface area contributed by atoms with Gasteiger partial charge in [0.1, 0.15) is 12.2 Å². The highest BCUT2D eigenvalue weighted by molar-refractivity contribution is 7.85. The Balaban J connectivity index is 3.08. The van der Waals surface area contributed by atoms with E-state index >= 15 is 0 Å². The van der Waals surface area contributed by atoms with Crippen LogP contribution in [0.25, 0.3) is 0 Å². The van der Waals surface area contributed by atoms with Crippen LogP contribution in [0.15, 0.2) is 23.1 Å². The maximum atomic E-state index is 11.1. The van der Waals surface area contributed by atoms with E-state index in [1.165, 1.54) is 0 Å². The average Bonchev–Trinajstić information content (AvgIpc) is 2.20. The van der Waals surface area contributed by atoms with Crippen molar-refractivity contribution < 1.29 is 22.9 Å². The van der Waals surface area contributed by atoms with E-state index in [-0.39, 0.29) is 11.4 Å². The minimum Gasteiger partial charge on any atom is -0.506 e. The number of benzene rings is 1. The van der Waals surface area contributed by atoms with Crippen molar-refractivity contribution in [1.29, 1.82) is 5.26 Å². The quantitative estimate of drug-likeness (QED) is 0.533. The minimum atomic E-state index is -4.42. The van der Waals surface area contributed by atoms with Crippen LogP contribution in [0, 0.1) is 11.3 Å². The summed E-state index contributed by atoms with van der Waals surface area (Å²) in [7, 11) is -4.42. The second-order valence-electron chi connectivity index (χ2n) is 3.04. The molecule has 0 aliphatic heterocycles. The van der Waals surface area contributed by atoms with Crippen LogP contribution in [-0.2, 0) is 14.9 Å². The molecule has 1 aromatic carbocycles. The first-order chi connectivity index (χ1) is 7.84. The SMILES string of the molecule is N#CCC(=O)Nc1cc(S(=O)(=O)O)ccc1O. The van der Waals surface area contributed by atoms with Gasteiger partial charge < -0.3 is 10.4 Å². The monoisotopic (exact) mass is 256 g/mol. The van der Waals surface area contributed by atoms with Crippen LogP contribution in [-0.4, -0.2) is 24.0 Å². The van der Waals surface area contributed by atoms with Crippen LogP contribution in [0.4, 0.5) is 5.69 Å². The van der Waals surface area contributed by atoms with Crippen molar-refractivity contribution in [3.8, 4) is 11.8 Å². The normalized spacial score (nSPS) is 10.6. The molecule has 3 N–H and O–H groups in total. The summed E-state index contributed by atoms with van der Waals surface area (Å²) >= 11 is 0. The molecule has 0 saturated carbocycles. The van der Waals surface area contributed by atoms with Gasteiger partial charge in [0, 0.05) is 0 Å². The summed E-state index contributed by atoms with van der Waals surface area (Å²) in [6.45, 7) is 0. The first kappa shape index (κ1) is 13.0. The molecule has 1 rings (SSSR count). The van der Waals surface area contributed by atoms with Gasteiger partial charge in [-0.15, -0.1) is 0 Å². The van der Waals surface area contributed by atoms with E-state index < -0.39 is 27.3 Å². The van der Waals surface area contributed by atoms with E-state index in [0.717, 1.165) is 18.2 Å². The first-order valence-corrected chi connectivity index (χ1v) is 5.76. The van der Waals surface area contributed by atoms with Crippen LogP contribution in [0.3, 0.4) is 0 Å². The summed E-state index contributed by atoms with van der Waals surface area (Å²) in [6.07, 6.45) is -0.435. The summed E-state index contributed by atoms with van der Waals surface area (Å²) in [6, 6.07) is 4.46. The second-order valence-corrected chi connectivity index (χ2v) is 4.46. The van der Waals surface area contributed by atoms with E-state index in [4.69, 9.17) is 9.81 Å². The second kappa shape index (κ2) is 4.82. The molecule has 0 fully saturated rings. The van der Waals surface area contributed by atoms with Crippen molar-refractivity contribution in [1.82, 2.24) is 0 Å². The van der Waals surface area contributed by atoms with Crippen LogP contribution in [0.5, 0.6) is 5.75 Å². The lowest BCUT2D eigenvalue weighted by atomic mass is 10.3. The fraction of sp³-hybridized carbons (Fsp3) is 0.111. The van der Waals surface area contributed by atoms with Gasteiger partial charge in [-0.2, -0.15) is 13.7 Å². The van der Waals surface area contributed by atoms with E-state index in [2.05, 4.69) is 5.32 Å². The first-order valence-electron chi connectivity index (χ1n) is 4.32. The predicted molar refractivity (Wildman–Crippen MR) is 56.8 cm³/mol. The lowest BCUT2D eigenvalue weighted by molar-refractivity contribution is -0.115. The number of amides is 1. The molecule has 0 unspecified atom stereocenters. The Morgan fingerprint density at radius 1 is 1.47 bits per heavy atom. The number of rotatable bonds is 3. The minimum absolute atomic E-state index is 0.194. The Kier molecular flexibility index (Phi) is 3.67. The maximum Gasteiger partial charge on any atom is 0.294 e. The van der Waals surface area contributed by atoms with Crippen molar-refractivity contribution in [2.24, 2.45) is 0 Å². The molecule has 0 aromatic heterocycles. The van der Waals surface area contributed by atoms with Gasteiger partial charge in [-0.05, 0) is 18.2 Å². The molecule has 0 bridgehead atoms. The molecule has 0 radical (unpaired) electrons. The highest BCUT2D eigenvalue weighted by Gasteiger charge is 2.13. The van der Waals surface area contributed by atoms with E-state index in [1.54, 1.807) is 6.07 Å². The maximum absolute atomic E-state index is 11.1. The molecule has 0 aliphatic carbocycles. The average molecular weight is 256 g/mol. The molecule has 0 atom stereocenters. The van der Waals surface area contributed by atoms with Gasteiger partial charge in [-0.25, -0.2) is 0 Å². The van der Waals surface area contributed by atoms with Crippen LogP contribution in [0.2, 0.25) is 0 Å². The Bertz CT molecular complexity index is 588. The fourth-order valence-corrected chi connectivity index (χ4v) is 1.55. The molecule has 1 aromatic rings. The van der Waals surface area contributed by atoms with E-state index in [1.807, 2.05) is 0 Å². The molecule has 0 saturated heterocycles. The molecular formula is C9H8N2O5S. The van der Waals surface area contributed by atoms with Gasteiger partial charge in [0.05, 0.1) is 16.7 Å². The topological polar surface area (TPSA) is 127 Å². The molecule has 8 heteroatoms. The van der Waals surface area contributed by atoms with E-state index in [9.17, 15) is 18.3 Å². The van der Waals surface area contributed by atoms with E-state index in [0.29, 0.717) is 0 Å². The van der Waals surface area contributed by atoms with Gasteiger partial charge >= 0.3 is 0 Å². The number of nitrogens with zero attached hydrogens (tertiary/aromatic N) is 1. The van der Waals surface area contributed by atoms with Gasteiger partial charge in [-0.3, -0.25) is 9.35 Å². The van der Waals surface area contributed by atoms with Gasteiger partial charge in [0.2, 0.25) is 5.91 Å². The summed E-state index contributed by atoms with van der Waals surface area (Å²) in [5.74, 6) is -1.07. The van der Waals surface area contributed by atoms with Crippen molar-refractivity contribution in [3.63, 3.8) is 0 Å². The van der Waals surface area contributed by atoms with Gasteiger partial charge in [0.25, 0.3) is 10.1 Å². The van der Waals surface area contributed by atoms with Gasteiger partial charge in [0.15, 0.2) is 0 Å². The number of hydrogen-bond donors (Lipinski definition) is 3. The number of anilines is 1. The third kappa shape index (κ3) is 3.44. The summed E-state index contributed by atoms with van der Waals surface area (Å²) in [5, 5.41) is 19.7. The number of phenols is 1. The molecule has 0 aliphatic rings. The fourth-order valence-electron chi connectivity index (χ4n) is 1.04. The van der Waals surface area contributed by atoms with Crippen LogP contribution >= 0.6 is 0 Å². The number of nitrogens with one attached hydrogen (secondary N) is 1. The summed E-state index contributed by atoms with van der Waals surface area (Å²) in [5.41, 5.74) is -0.194. The Morgan fingerprint density at radius 3 is 2.65 bits per heavy atom. The third-order valence-electron chi connectivity index (χ3n) is 1.78. The Morgan fingerprint density at radius 2 is 2.12 bits per heavy atom.